The third-order valence-electron chi connectivity index (χ3n) is 3.33. The predicted octanol–water partition coefficient (Wildman–Crippen LogP) is 3.36. The first-order valence-electron chi connectivity index (χ1n) is 6.52. The molecule has 0 bridgehead atoms. The highest BCUT2D eigenvalue weighted by molar-refractivity contribution is 7.10. The van der Waals surface area contributed by atoms with E-state index in [4.69, 9.17) is 0 Å². The summed E-state index contributed by atoms with van der Waals surface area (Å²) in [4.78, 5) is 1.00. The number of benzene rings is 1. The van der Waals surface area contributed by atoms with Gasteiger partial charge in [0.15, 0.2) is 0 Å². The van der Waals surface area contributed by atoms with Gasteiger partial charge in [-0.05, 0) is 43.3 Å². The maximum atomic E-state index is 10.4. The van der Waals surface area contributed by atoms with Crippen molar-refractivity contribution in [3.8, 4) is 0 Å². The van der Waals surface area contributed by atoms with Crippen LogP contribution in [-0.2, 0) is 12.1 Å². The van der Waals surface area contributed by atoms with Crippen LogP contribution in [0.15, 0.2) is 35.7 Å². The second-order valence-electron chi connectivity index (χ2n) is 5.28. The zero-order valence-corrected chi connectivity index (χ0v) is 12.6. The molecule has 0 amide bonds. The minimum atomic E-state index is -0.799. The second kappa shape index (κ2) is 5.87. The van der Waals surface area contributed by atoms with E-state index in [1.165, 1.54) is 16.7 Å². The lowest BCUT2D eigenvalue weighted by Gasteiger charge is -2.22. The molecule has 102 valence electrons. The molecule has 0 aliphatic carbocycles. The molecule has 2 nitrogen and oxygen atoms in total. The summed E-state index contributed by atoms with van der Waals surface area (Å²) in [5, 5.41) is 15.8. The molecule has 2 N–H and O–H groups in total. The van der Waals surface area contributed by atoms with E-state index in [-0.39, 0.29) is 0 Å². The summed E-state index contributed by atoms with van der Waals surface area (Å²) < 4.78 is 0. The minimum absolute atomic E-state index is 0.556. The Hall–Kier alpha value is -1.16. The number of aryl methyl sites for hydroxylation is 2. The van der Waals surface area contributed by atoms with Gasteiger partial charge in [-0.25, -0.2) is 0 Å². The van der Waals surface area contributed by atoms with E-state index >= 15 is 0 Å². The molecule has 19 heavy (non-hydrogen) atoms. The van der Waals surface area contributed by atoms with Gasteiger partial charge in [-0.15, -0.1) is 11.3 Å². The van der Waals surface area contributed by atoms with Crippen molar-refractivity contribution in [3.05, 3.63) is 57.3 Å². The van der Waals surface area contributed by atoms with Gasteiger partial charge in [-0.3, -0.25) is 0 Å². The summed E-state index contributed by atoms with van der Waals surface area (Å²) in [6.45, 7) is 7.43. The fraction of sp³-hybridized carbons (Fsp3) is 0.375. The highest BCUT2D eigenvalue weighted by atomic mass is 32.1. The number of rotatable bonds is 5. The maximum absolute atomic E-state index is 10.4. The van der Waals surface area contributed by atoms with Crippen LogP contribution < -0.4 is 5.32 Å². The summed E-state index contributed by atoms with van der Waals surface area (Å²) in [6, 6.07) is 10.4. The van der Waals surface area contributed by atoms with Crippen LogP contribution in [0.3, 0.4) is 0 Å². The fourth-order valence-electron chi connectivity index (χ4n) is 2.16. The van der Waals surface area contributed by atoms with Gasteiger partial charge < -0.3 is 10.4 Å². The first kappa shape index (κ1) is 14.3. The monoisotopic (exact) mass is 275 g/mol. The summed E-state index contributed by atoms with van der Waals surface area (Å²) >= 11 is 1.59. The molecular weight excluding hydrogens is 254 g/mol. The number of hydrogen-bond acceptors (Lipinski definition) is 3. The van der Waals surface area contributed by atoms with Crippen LogP contribution in [0.4, 0.5) is 0 Å². The van der Waals surface area contributed by atoms with Crippen molar-refractivity contribution in [2.24, 2.45) is 0 Å². The Morgan fingerprint density at radius 2 is 2.05 bits per heavy atom. The zero-order chi connectivity index (χ0) is 13.9. The molecule has 1 unspecified atom stereocenters. The van der Waals surface area contributed by atoms with Crippen molar-refractivity contribution in [3.63, 3.8) is 0 Å². The molecule has 0 fully saturated rings. The Bertz CT molecular complexity index is 532. The van der Waals surface area contributed by atoms with Gasteiger partial charge in [-0.2, -0.15) is 0 Å². The first-order valence-corrected chi connectivity index (χ1v) is 7.40. The van der Waals surface area contributed by atoms with Crippen molar-refractivity contribution >= 4 is 11.3 Å². The highest BCUT2D eigenvalue weighted by Gasteiger charge is 2.23. The Morgan fingerprint density at radius 3 is 2.68 bits per heavy atom. The van der Waals surface area contributed by atoms with Gasteiger partial charge in [0.05, 0.1) is 0 Å². The molecule has 0 radical (unpaired) electrons. The van der Waals surface area contributed by atoms with Crippen LogP contribution in [0.5, 0.6) is 0 Å². The molecular formula is C16H21NOS. The lowest BCUT2D eigenvalue weighted by molar-refractivity contribution is 0.0604. The normalized spacial score (nSPS) is 14.3. The third kappa shape index (κ3) is 3.66. The number of thiophene rings is 1. The third-order valence-corrected chi connectivity index (χ3v) is 4.46. The first-order chi connectivity index (χ1) is 8.99. The molecule has 1 atom stereocenters. The SMILES string of the molecule is Cc1ccc(CNCC(C)(O)c2cccs2)c(C)c1. The average Bonchev–Trinajstić information content (AvgIpc) is 2.86. The summed E-state index contributed by atoms with van der Waals surface area (Å²) in [7, 11) is 0. The second-order valence-corrected chi connectivity index (χ2v) is 6.23. The molecule has 3 heteroatoms. The van der Waals surface area contributed by atoms with Crippen LogP contribution in [0.2, 0.25) is 0 Å². The van der Waals surface area contributed by atoms with Gasteiger partial charge in [0.1, 0.15) is 5.60 Å². The number of hydrogen-bond donors (Lipinski definition) is 2. The quantitative estimate of drug-likeness (QED) is 0.877. The maximum Gasteiger partial charge on any atom is 0.108 e. The summed E-state index contributed by atoms with van der Waals surface area (Å²) in [6.07, 6.45) is 0. The van der Waals surface area contributed by atoms with E-state index in [1.807, 2.05) is 24.4 Å². The molecule has 0 spiro atoms. The molecule has 0 aliphatic heterocycles. The Labute approximate surface area is 119 Å². The molecule has 0 saturated carbocycles. The van der Waals surface area contributed by atoms with Gasteiger partial charge in [0.25, 0.3) is 0 Å². The van der Waals surface area contributed by atoms with Crippen LogP contribution in [0.1, 0.15) is 28.5 Å². The van der Waals surface area contributed by atoms with Gasteiger partial charge in [0.2, 0.25) is 0 Å². The largest absolute Gasteiger partial charge is 0.383 e. The van der Waals surface area contributed by atoms with E-state index in [1.54, 1.807) is 11.3 Å². The van der Waals surface area contributed by atoms with Gasteiger partial charge in [-0.1, -0.05) is 29.8 Å². The van der Waals surface area contributed by atoms with Crippen molar-refractivity contribution in [2.45, 2.75) is 32.9 Å². The van der Waals surface area contributed by atoms with Crippen LogP contribution >= 0.6 is 11.3 Å². The lowest BCUT2D eigenvalue weighted by Crippen LogP contribution is -2.34. The molecule has 2 rings (SSSR count). The smallest absolute Gasteiger partial charge is 0.108 e. The molecule has 2 aromatic rings. The highest BCUT2D eigenvalue weighted by Crippen LogP contribution is 2.24. The van der Waals surface area contributed by atoms with E-state index in [0.717, 1.165) is 11.4 Å². The van der Waals surface area contributed by atoms with E-state index in [9.17, 15) is 5.11 Å². The zero-order valence-electron chi connectivity index (χ0n) is 11.7. The lowest BCUT2D eigenvalue weighted by atomic mass is 10.0. The van der Waals surface area contributed by atoms with E-state index in [0.29, 0.717) is 6.54 Å². The summed E-state index contributed by atoms with van der Waals surface area (Å²) in [5.74, 6) is 0. The van der Waals surface area contributed by atoms with Crippen molar-refractivity contribution < 1.29 is 5.11 Å². The van der Waals surface area contributed by atoms with Crippen LogP contribution in [-0.4, -0.2) is 11.7 Å². The average molecular weight is 275 g/mol. The Balaban J connectivity index is 1.93. The van der Waals surface area contributed by atoms with Crippen molar-refractivity contribution in [2.75, 3.05) is 6.54 Å². The van der Waals surface area contributed by atoms with Crippen LogP contribution in [0.25, 0.3) is 0 Å². The Kier molecular flexibility index (Phi) is 4.40. The topological polar surface area (TPSA) is 32.3 Å². The predicted molar refractivity (Wildman–Crippen MR) is 81.5 cm³/mol. The van der Waals surface area contributed by atoms with E-state index < -0.39 is 5.60 Å². The Morgan fingerprint density at radius 1 is 1.26 bits per heavy atom. The standard InChI is InChI=1S/C16H21NOS/c1-12-6-7-14(13(2)9-12)10-17-11-16(3,18)15-5-4-8-19-15/h4-9,17-18H,10-11H2,1-3H3. The summed E-state index contributed by atoms with van der Waals surface area (Å²) in [5.41, 5.74) is 3.06. The minimum Gasteiger partial charge on any atom is -0.383 e. The molecule has 0 aliphatic rings. The van der Waals surface area contributed by atoms with E-state index in [2.05, 4.69) is 37.4 Å². The molecule has 1 aromatic heterocycles. The van der Waals surface area contributed by atoms with Crippen LogP contribution in [0, 0.1) is 13.8 Å². The van der Waals surface area contributed by atoms with Gasteiger partial charge in [0, 0.05) is 18.0 Å². The number of aliphatic hydroxyl groups is 1. The molecule has 0 saturated heterocycles. The van der Waals surface area contributed by atoms with Gasteiger partial charge >= 0.3 is 0 Å². The van der Waals surface area contributed by atoms with Crippen molar-refractivity contribution in [1.29, 1.82) is 0 Å². The molecule has 1 heterocycles. The fourth-order valence-corrected chi connectivity index (χ4v) is 2.94. The molecule has 1 aromatic carbocycles. The van der Waals surface area contributed by atoms with Crippen molar-refractivity contribution in [1.82, 2.24) is 5.32 Å². The number of nitrogens with one attached hydrogen (secondary N) is 1.